The Labute approximate surface area is 46.8 Å². The SMILES string of the molecule is [N-]=[N+]=NCC1(O)CC1. The van der Waals surface area contributed by atoms with E-state index in [1.165, 1.54) is 0 Å². The van der Waals surface area contributed by atoms with Gasteiger partial charge in [-0.05, 0) is 18.4 Å². The van der Waals surface area contributed by atoms with Crippen molar-refractivity contribution in [2.24, 2.45) is 5.11 Å². The third kappa shape index (κ3) is 1.12. The Hall–Kier alpha value is -0.730. The van der Waals surface area contributed by atoms with E-state index >= 15 is 0 Å². The van der Waals surface area contributed by atoms with Gasteiger partial charge in [0.05, 0.1) is 12.1 Å². The average Bonchev–Trinajstić information content (AvgIpc) is 2.45. The van der Waals surface area contributed by atoms with E-state index in [0.717, 1.165) is 12.8 Å². The number of rotatable bonds is 2. The van der Waals surface area contributed by atoms with E-state index < -0.39 is 5.60 Å². The van der Waals surface area contributed by atoms with E-state index in [2.05, 4.69) is 10.0 Å². The molecule has 0 heterocycles. The molecule has 1 aliphatic carbocycles. The topological polar surface area (TPSA) is 69.0 Å². The molecule has 4 heteroatoms. The summed E-state index contributed by atoms with van der Waals surface area (Å²) in [5.74, 6) is 0. The molecule has 0 spiro atoms. The lowest BCUT2D eigenvalue weighted by molar-refractivity contribution is 0.159. The van der Waals surface area contributed by atoms with E-state index in [-0.39, 0.29) is 6.54 Å². The van der Waals surface area contributed by atoms with Crippen LogP contribution in [0.4, 0.5) is 0 Å². The quantitative estimate of drug-likeness (QED) is 0.321. The Balaban J connectivity index is 2.29. The van der Waals surface area contributed by atoms with Crippen LogP contribution >= 0.6 is 0 Å². The van der Waals surface area contributed by atoms with Crippen molar-refractivity contribution in [3.63, 3.8) is 0 Å². The molecule has 8 heavy (non-hydrogen) atoms. The van der Waals surface area contributed by atoms with Crippen LogP contribution in [0.2, 0.25) is 0 Å². The normalized spacial score (nSPS) is 21.6. The summed E-state index contributed by atoms with van der Waals surface area (Å²) in [5.41, 5.74) is 7.19. The molecular weight excluding hydrogens is 106 g/mol. The van der Waals surface area contributed by atoms with Crippen LogP contribution in [-0.2, 0) is 0 Å². The van der Waals surface area contributed by atoms with Crippen LogP contribution < -0.4 is 0 Å². The van der Waals surface area contributed by atoms with Crippen LogP contribution in [0.3, 0.4) is 0 Å². The highest BCUT2D eigenvalue weighted by molar-refractivity contribution is 4.95. The van der Waals surface area contributed by atoms with Gasteiger partial charge in [0.2, 0.25) is 0 Å². The molecule has 44 valence electrons. The van der Waals surface area contributed by atoms with Crippen molar-refractivity contribution < 1.29 is 5.11 Å². The van der Waals surface area contributed by atoms with Crippen molar-refractivity contribution in [3.05, 3.63) is 10.4 Å². The first-order valence-electron chi connectivity index (χ1n) is 2.50. The fourth-order valence-electron chi connectivity index (χ4n) is 0.466. The van der Waals surface area contributed by atoms with Crippen molar-refractivity contribution >= 4 is 0 Å². The van der Waals surface area contributed by atoms with Gasteiger partial charge >= 0.3 is 0 Å². The van der Waals surface area contributed by atoms with Crippen molar-refractivity contribution in [1.82, 2.24) is 0 Å². The van der Waals surface area contributed by atoms with Gasteiger partial charge in [-0.15, -0.1) is 0 Å². The molecule has 0 aromatic rings. The molecule has 0 aromatic carbocycles. The van der Waals surface area contributed by atoms with Gasteiger partial charge in [-0.3, -0.25) is 0 Å². The third-order valence-corrected chi connectivity index (χ3v) is 1.26. The van der Waals surface area contributed by atoms with E-state index in [9.17, 15) is 0 Å². The maximum Gasteiger partial charge on any atom is 0.0706 e. The second kappa shape index (κ2) is 1.65. The molecule has 4 nitrogen and oxygen atoms in total. The average molecular weight is 113 g/mol. The monoisotopic (exact) mass is 113 g/mol. The van der Waals surface area contributed by atoms with Gasteiger partial charge in [-0.2, -0.15) is 0 Å². The summed E-state index contributed by atoms with van der Waals surface area (Å²) in [6, 6.07) is 0. The van der Waals surface area contributed by atoms with E-state index in [1.54, 1.807) is 0 Å². The van der Waals surface area contributed by atoms with Crippen molar-refractivity contribution in [1.29, 1.82) is 0 Å². The first kappa shape index (κ1) is 5.41. The van der Waals surface area contributed by atoms with E-state index in [4.69, 9.17) is 10.6 Å². The Kier molecular flexibility index (Phi) is 1.12. The predicted molar refractivity (Wildman–Crippen MR) is 28.2 cm³/mol. The van der Waals surface area contributed by atoms with Crippen LogP contribution in [0.5, 0.6) is 0 Å². The molecule has 0 amide bonds. The molecular formula is C4H7N3O. The van der Waals surface area contributed by atoms with Gasteiger partial charge in [0.1, 0.15) is 0 Å². The number of hydrogen-bond donors (Lipinski definition) is 1. The number of hydrogen-bond acceptors (Lipinski definition) is 2. The highest BCUT2D eigenvalue weighted by Gasteiger charge is 2.39. The van der Waals surface area contributed by atoms with Crippen LogP contribution in [-0.4, -0.2) is 17.3 Å². The fourth-order valence-corrected chi connectivity index (χ4v) is 0.466. The van der Waals surface area contributed by atoms with Gasteiger partial charge in [-0.25, -0.2) is 0 Å². The molecule has 1 N–H and O–H groups in total. The summed E-state index contributed by atoms with van der Waals surface area (Å²) in [7, 11) is 0. The Bertz CT molecular complexity index is 134. The summed E-state index contributed by atoms with van der Waals surface area (Å²) in [6.07, 6.45) is 1.57. The predicted octanol–water partition coefficient (Wildman–Crippen LogP) is 0.822. The fraction of sp³-hybridized carbons (Fsp3) is 1.00. The Morgan fingerprint density at radius 2 is 2.38 bits per heavy atom. The molecule has 0 aromatic heterocycles. The first-order chi connectivity index (χ1) is 3.77. The third-order valence-electron chi connectivity index (χ3n) is 1.26. The lowest BCUT2D eigenvalue weighted by Gasteiger charge is -1.96. The minimum atomic E-state index is -0.619. The zero-order chi connectivity index (χ0) is 6.04. The van der Waals surface area contributed by atoms with Gasteiger partial charge in [0.15, 0.2) is 0 Å². The highest BCUT2D eigenvalue weighted by Crippen LogP contribution is 2.34. The van der Waals surface area contributed by atoms with Crippen molar-refractivity contribution in [2.45, 2.75) is 18.4 Å². The molecule has 1 fully saturated rings. The molecule has 0 unspecified atom stereocenters. The molecule has 0 bridgehead atoms. The molecule has 1 rings (SSSR count). The van der Waals surface area contributed by atoms with Gasteiger partial charge in [0, 0.05) is 4.91 Å². The van der Waals surface area contributed by atoms with Gasteiger partial charge in [0.25, 0.3) is 0 Å². The summed E-state index contributed by atoms with van der Waals surface area (Å²) in [5, 5.41) is 12.2. The first-order valence-corrected chi connectivity index (χ1v) is 2.50. The van der Waals surface area contributed by atoms with Crippen LogP contribution in [0.15, 0.2) is 5.11 Å². The number of nitrogens with zero attached hydrogens (tertiary/aromatic N) is 3. The molecule has 1 saturated carbocycles. The molecule has 0 atom stereocenters. The summed E-state index contributed by atoms with van der Waals surface area (Å²) < 4.78 is 0. The largest absolute Gasteiger partial charge is 0.390 e. The lowest BCUT2D eigenvalue weighted by atomic mass is 10.4. The van der Waals surface area contributed by atoms with Gasteiger partial charge < -0.3 is 5.11 Å². The summed E-state index contributed by atoms with van der Waals surface area (Å²) >= 11 is 0. The summed E-state index contributed by atoms with van der Waals surface area (Å²) in [4.78, 5) is 2.53. The number of azide groups is 1. The Morgan fingerprint density at radius 1 is 1.75 bits per heavy atom. The van der Waals surface area contributed by atoms with Crippen molar-refractivity contribution in [2.75, 3.05) is 6.54 Å². The maximum absolute atomic E-state index is 9.00. The minimum Gasteiger partial charge on any atom is -0.390 e. The van der Waals surface area contributed by atoms with Gasteiger partial charge in [-0.1, -0.05) is 5.11 Å². The Morgan fingerprint density at radius 3 is 2.75 bits per heavy atom. The van der Waals surface area contributed by atoms with Crippen LogP contribution in [0.25, 0.3) is 10.4 Å². The minimum absolute atomic E-state index is 0.240. The van der Waals surface area contributed by atoms with Crippen molar-refractivity contribution in [3.8, 4) is 0 Å². The highest BCUT2D eigenvalue weighted by atomic mass is 16.3. The second-order valence-electron chi connectivity index (χ2n) is 2.11. The van der Waals surface area contributed by atoms with Crippen LogP contribution in [0.1, 0.15) is 12.8 Å². The molecule has 0 radical (unpaired) electrons. The number of aliphatic hydroxyl groups is 1. The standard InChI is InChI=1S/C4H7N3O/c5-7-6-3-4(8)1-2-4/h8H,1-3H2. The molecule has 1 aliphatic rings. The smallest absolute Gasteiger partial charge is 0.0706 e. The van der Waals surface area contributed by atoms with Crippen LogP contribution in [0, 0.1) is 0 Å². The van der Waals surface area contributed by atoms with E-state index in [1.807, 2.05) is 0 Å². The summed E-state index contributed by atoms with van der Waals surface area (Å²) in [6.45, 7) is 0.240. The lowest BCUT2D eigenvalue weighted by Crippen LogP contribution is -2.09. The molecule has 0 aliphatic heterocycles. The second-order valence-corrected chi connectivity index (χ2v) is 2.11. The van der Waals surface area contributed by atoms with E-state index in [0.29, 0.717) is 0 Å². The molecule has 0 saturated heterocycles. The zero-order valence-electron chi connectivity index (χ0n) is 4.41. The zero-order valence-corrected chi connectivity index (χ0v) is 4.41. The maximum atomic E-state index is 9.00.